The SMILES string of the molecule is c1ccc(-c2cc(-c3ccccc3)cc(N(c3ccc(-c4ccc5c6ccc7ccccc7c6n(-c6ccccc6)c5c4)cc3)c3ccc(-c4cc5ccccc5c5ccccc45)cc3)c2)cc1. The molecule has 0 bridgehead atoms. The molecule has 2 heteroatoms. The largest absolute Gasteiger partial charge is 0.310 e. The molecule has 0 atom stereocenters. The highest BCUT2D eigenvalue weighted by Crippen LogP contribution is 2.43. The predicted molar refractivity (Wildman–Crippen MR) is 290 cm³/mol. The molecule has 68 heavy (non-hydrogen) atoms. The van der Waals surface area contributed by atoms with Crippen molar-refractivity contribution in [3.8, 4) is 50.2 Å². The van der Waals surface area contributed by atoms with E-state index in [2.05, 4.69) is 276 Å². The lowest BCUT2D eigenvalue weighted by Gasteiger charge is -2.27. The van der Waals surface area contributed by atoms with Gasteiger partial charge in [-0.1, -0.05) is 200 Å². The van der Waals surface area contributed by atoms with Crippen LogP contribution in [0.3, 0.4) is 0 Å². The number of rotatable bonds is 8. The summed E-state index contributed by atoms with van der Waals surface area (Å²) in [6, 6.07) is 97.5. The van der Waals surface area contributed by atoms with E-state index < -0.39 is 0 Å². The number of fused-ring (bicyclic) bond motifs is 8. The third-order valence-corrected chi connectivity index (χ3v) is 13.7. The molecule has 13 rings (SSSR count). The molecule has 1 aromatic heterocycles. The molecule has 0 radical (unpaired) electrons. The van der Waals surface area contributed by atoms with Gasteiger partial charge in [-0.3, -0.25) is 0 Å². The molecule has 2 nitrogen and oxygen atoms in total. The average Bonchev–Trinajstić information content (AvgIpc) is 3.76. The first-order valence-electron chi connectivity index (χ1n) is 23.4. The summed E-state index contributed by atoms with van der Waals surface area (Å²) >= 11 is 0. The second-order valence-electron chi connectivity index (χ2n) is 17.7. The van der Waals surface area contributed by atoms with Crippen molar-refractivity contribution in [1.29, 1.82) is 0 Å². The standard InChI is InChI=1S/C66H44N2/c1-4-16-45(17-5-1)52-40-53(46-18-6-2-7-19-46)42-57(41-52)67(56-36-30-49(31-37-56)64-43-51-21-11-12-24-58(51)60-26-14-15-27-61(60)64)55-34-28-47(29-35-55)50-33-38-62-63-39-32-48-20-10-13-25-59(48)66(63)68(65(62)44-50)54-22-8-3-9-23-54/h1-44H. The van der Waals surface area contributed by atoms with Crippen molar-refractivity contribution < 1.29 is 0 Å². The monoisotopic (exact) mass is 864 g/mol. The summed E-state index contributed by atoms with van der Waals surface area (Å²) in [7, 11) is 0. The van der Waals surface area contributed by atoms with Crippen LogP contribution in [-0.4, -0.2) is 4.57 Å². The molecule has 13 aromatic rings. The maximum Gasteiger partial charge on any atom is 0.0619 e. The first kappa shape index (κ1) is 39.4. The van der Waals surface area contributed by atoms with Gasteiger partial charge in [0.1, 0.15) is 0 Å². The molecule has 12 aromatic carbocycles. The molecular weight excluding hydrogens is 821 g/mol. The summed E-state index contributed by atoms with van der Waals surface area (Å²) < 4.78 is 2.45. The van der Waals surface area contributed by atoms with Gasteiger partial charge in [-0.2, -0.15) is 0 Å². The van der Waals surface area contributed by atoms with Crippen molar-refractivity contribution >= 4 is 71.2 Å². The molecule has 1 heterocycles. The highest BCUT2D eigenvalue weighted by molar-refractivity contribution is 6.19. The van der Waals surface area contributed by atoms with Gasteiger partial charge in [0.05, 0.1) is 11.0 Å². The first-order valence-corrected chi connectivity index (χ1v) is 23.4. The Bertz CT molecular complexity index is 3930. The Balaban J connectivity index is 0.965. The van der Waals surface area contributed by atoms with Crippen LogP contribution >= 0.6 is 0 Å². The summed E-state index contributed by atoms with van der Waals surface area (Å²) in [5.41, 5.74) is 16.3. The van der Waals surface area contributed by atoms with Crippen LogP contribution < -0.4 is 4.90 Å². The van der Waals surface area contributed by atoms with E-state index in [4.69, 9.17) is 0 Å². The van der Waals surface area contributed by atoms with Gasteiger partial charge >= 0.3 is 0 Å². The van der Waals surface area contributed by atoms with Gasteiger partial charge in [-0.05, 0) is 138 Å². The Morgan fingerprint density at radius 2 is 0.750 bits per heavy atom. The zero-order chi connectivity index (χ0) is 45.0. The van der Waals surface area contributed by atoms with Gasteiger partial charge in [0.25, 0.3) is 0 Å². The number of aromatic nitrogens is 1. The fourth-order valence-electron chi connectivity index (χ4n) is 10.5. The van der Waals surface area contributed by atoms with Crippen LogP contribution in [0.1, 0.15) is 0 Å². The van der Waals surface area contributed by atoms with Gasteiger partial charge < -0.3 is 9.47 Å². The highest BCUT2D eigenvalue weighted by Gasteiger charge is 2.19. The second-order valence-corrected chi connectivity index (χ2v) is 17.7. The minimum absolute atomic E-state index is 1.08. The Morgan fingerprint density at radius 3 is 1.41 bits per heavy atom. The molecule has 0 N–H and O–H groups in total. The van der Waals surface area contributed by atoms with Crippen LogP contribution in [0, 0.1) is 0 Å². The third-order valence-electron chi connectivity index (χ3n) is 13.7. The van der Waals surface area contributed by atoms with E-state index in [0.29, 0.717) is 0 Å². The van der Waals surface area contributed by atoms with E-state index in [1.54, 1.807) is 0 Å². The number of nitrogens with zero attached hydrogens (tertiary/aromatic N) is 2. The maximum atomic E-state index is 2.45. The fraction of sp³-hybridized carbons (Fsp3) is 0. The molecule has 0 aliphatic rings. The molecular formula is C66H44N2. The van der Waals surface area contributed by atoms with Crippen LogP contribution in [-0.2, 0) is 0 Å². The summed E-state index contributed by atoms with van der Waals surface area (Å²) in [6.45, 7) is 0. The summed E-state index contributed by atoms with van der Waals surface area (Å²) in [4.78, 5) is 2.41. The molecule has 0 amide bonds. The number of para-hydroxylation sites is 1. The van der Waals surface area contributed by atoms with Crippen LogP contribution in [0.25, 0.3) is 104 Å². The quantitative estimate of drug-likeness (QED) is 0.138. The van der Waals surface area contributed by atoms with Crippen molar-refractivity contribution in [2.24, 2.45) is 0 Å². The lowest BCUT2D eigenvalue weighted by Crippen LogP contribution is -2.10. The van der Waals surface area contributed by atoms with E-state index in [9.17, 15) is 0 Å². The van der Waals surface area contributed by atoms with Gasteiger partial charge in [0, 0.05) is 38.9 Å². The normalized spacial score (nSPS) is 11.5. The highest BCUT2D eigenvalue weighted by atomic mass is 15.1. The van der Waals surface area contributed by atoms with E-state index in [1.165, 1.54) is 81.9 Å². The van der Waals surface area contributed by atoms with Crippen LogP contribution in [0.15, 0.2) is 267 Å². The number of hydrogen-bond acceptors (Lipinski definition) is 1. The lowest BCUT2D eigenvalue weighted by molar-refractivity contribution is 1.19. The first-order chi connectivity index (χ1) is 33.7. The molecule has 0 aliphatic heterocycles. The van der Waals surface area contributed by atoms with Crippen molar-refractivity contribution in [1.82, 2.24) is 4.57 Å². The average molecular weight is 865 g/mol. The fourth-order valence-corrected chi connectivity index (χ4v) is 10.5. The Kier molecular flexibility index (Phi) is 9.54. The third kappa shape index (κ3) is 6.82. The second kappa shape index (κ2) is 16.5. The van der Waals surface area contributed by atoms with Crippen molar-refractivity contribution in [2.45, 2.75) is 0 Å². The van der Waals surface area contributed by atoms with Crippen LogP contribution in [0.2, 0.25) is 0 Å². The lowest BCUT2D eigenvalue weighted by atomic mass is 9.93. The Hall–Kier alpha value is -8.98. The van der Waals surface area contributed by atoms with Gasteiger partial charge in [-0.15, -0.1) is 0 Å². The smallest absolute Gasteiger partial charge is 0.0619 e. The molecule has 0 spiro atoms. The van der Waals surface area contributed by atoms with Gasteiger partial charge in [0.2, 0.25) is 0 Å². The predicted octanol–water partition coefficient (Wildman–Crippen LogP) is 18.4. The van der Waals surface area contributed by atoms with Crippen molar-refractivity contribution in [3.63, 3.8) is 0 Å². The zero-order valence-corrected chi connectivity index (χ0v) is 37.3. The van der Waals surface area contributed by atoms with Crippen LogP contribution in [0.5, 0.6) is 0 Å². The van der Waals surface area contributed by atoms with E-state index in [1.807, 2.05) is 0 Å². The number of hydrogen-bond donors (Lipinski definition) is 0. The zero-order valence-electron chi connectivity index (χ0n) is 37.3. The molecule has 0 unspecified atom stereocenters. The maximum absolute atomic E-state index is 2.45. The Labute approximate surface area is 395 Å². The molecule has 0 saturated heterocycles. The number of anilines is 3. The number of benzene rings is 12. The van der Waals surface area contributed by atoms with Gasteiger partial charge in [-0.25, -0.2) is 0 Å². The summed E-state index contributed by atoms with van der Waals surface area (Å²) in [6.07, 6.45) is 0. The van der Waals surface area contributed by atoms with Crippen molar-refractivity contribution in [3.05, 3.63) is 267 Å². The van der Waals surface area contributed by atoms with E-state index in [-0.39, 0.29) is 0 Å². The minimum Gasteiger partial charge on any atom is -0.310 e. The van der Waals surface area contributed by atoms with E-state index in [0.717, 1.165) is 39.4 Å². The summed E-state index contributed by atoms with van der Waals surface area (Å²) in [5.74, 6) is 0. The molecule has 0 saturated carbocycles. The minimum atomic E-state index is 1.08. The van der Waals surface area contributed by atoms with Crippen molar-refractivity contribution in [2.75, 3.05) is 4.90 Å². The molecule has 0 aliphatic carbocycles. The molecule has 318 valence electrons. The van der Waals surface area contributed by atoms with E-state index >= 15 is 0 Å². The molecule has 0 fully saturated rings. The topological polar surface area (TPSA) is 8.17 Å². The Morgan fingerprint density at radius 1 is 0.250 bits per heavy atom. The van der Waals surface area contributed by atoms with Gasteiger partial charge in [0.15, 0.2) is 0 Å². The van der Waals surface area contributed by atoms with Crippen LogP contribution in [0.4, 0.5) is 17.1 Å². The summed E-state index contributed by atoms with van der Waals surface area (Å²) in [5, 5.41) is 10.0.